The van der Waals surface area contributed by atoms with Crippen molar-refractivity contribution in [1.29, 1.82) is 0 Å². The molecule has 0 aliphatic heterocycles. The molecule has 0 atom stereocenters. The maximum atomic E-state index is 13.4. The summed E-state index contributed by atoms with van der Waals surface area (Å²) < 4.78 is 20.8. The number of hydrogen-bond acceptors (Lipinski definition) is 2. The van der Waals surface area contributed by atoms with Crippen LogP contribution in [0.3, 0.4) is 0 Å². The molecule has 2 rings (SSSR count). The fraction of sp³-hybridized carbons (Fsp3) is 0.200. The normalized spacial score (nSPS) is 10.7. The third-order valence-electron chi connectivity index (χ3n) is 2.86. The minimum absolute atomic E-state index is 0.104. The number of halogens is 4. The predicted molar refractivity (Wildman–Crippen MR) is 90.3 cm³/mol. The van der Waals surface area contributed by atoms with Gasteiger partial charge in [-0.15, -0.1) is 0 Å². The third kappa shape index (κ3) is 4.42. The average molecular weight is 438 g/mol. The van der Waals surface area contributed by atoms with Gasteiger partial charge in [0.25, 0.3) is 0 Å². The molecule has 2 aromatic carbocycles. The Morgan fingerprint density at radius 1 is 1.10 bits per heavy atom. The topological polar surface area (TPSA) is 35.2 Å². The van der Waals surface area contributed by atoms with Crippen LogP contribution in [-0.4, -0.2) is 6.54 Å². The monoisotopic (exact) mass is 435 g/mol. The number of ether oxygens (including phenoxy) is 1. The molecule has 0 bridgehead atoms. The van der Waals surface area contributed by atoms with Crippen LogP contribution in [0.1, 0.15) is 11.1 Å². The molecular formula is C15H13Br2ClFNO. The van der Waals surface area contributed by atoms with Crippen LogP contribution in [0.25, 0.3) is 0 Å². The van der Waals surface area contributed by atoms with Crippen LogP contribution in [0.15, 0.2) is 39.3 Å². The minimum Gasteiger partial charge on any atom is -0.487 e. The van der Waals surface area contributed by atoms with Gasteiger partial charge in [-0.2, -0.15) is 0 Å². The Bertz CT molecular complexity index is 629. The molecule has 0 fully saturated rings. The molecule has 0 aliphatic carbocycles. The zero-order chi connectivity index (χ0) is 15.4. The Morgan fingerprint density at radius 2 is 1.76 bits per heavy atom. The van der Waals surface area contributed by atoms with Crippen LogP contribution in [-0.2, 0) is 13.0 Å². The molecular weight excluding hydrogens is 424 g/mol. The van der Waals surface area contributed by atoms with Crippen molar-refractivity contribution in [3.63, 3.8) is 0 Å². The van der Waals surface area contributed by atoms with Crippen molar-refractivity contribution >= 4 is 43.5 Å². The van der Waals surface area contributed by atoms with Crippen LogP contribution < -0.4 is 10.5 Å². The summed E-state index contributed by atoms with van der Waals surface area (Å²) >= 11 is 12.6. The van der Waals surface area contributed by atoms with Gasteiger partial charge in [0.05, 0.1) is 14.0 Å². The number of benzene rings is 2. The third-order valence-corrected chi connectivity index (χ3v) is 4.34. The van der Waals surface area contributed by atoms with Crippen molar-refractivity contribution in [3.8, 4) is 5.75 Å². The first kappa shape index (κ1) is 16.7. The molecule has 0 saturated carbocycles. The van der Waals surface area contributed by atoms with Gasteiger partial charge in [-0.25, -0.2) is 4.39 Å². The summed E-state index contributed by atoms with van der Waals surface area (Å²) in [6, 6.07) is 8.55. The van der Waals surface area contributed by atoms with E-state index in [9.17, 15) is 4.39 Å². The smallest absolute Gasteiger partial charge is 0.148 e. The van der Waals surface area contributed by atoms with Gasteiger partial charge in [-0.1, -0.05) is 17.7 Å². The van der Waals surface area contributed by atoms with Crippen LogP contribution >= 0.6 is 43.5 Å². The Hall–Kier alpha value is -0.620. The summed E-state index contributed by atoms with van der Waals surface area (Å²) in [6.07, 6.45) is 0.792. The Balaban J connectivity index is 2.14. The van der Waals surface area contributed by atoms with E-state index < -0.39 is 5.82 Å². The van der Waals surface area contributed by atoms with Crippen LogP contribution in [0.4, 0.5) is 4.39 Å². The quantitative estimate of drug-likeness (QED) is 0.708. The van der Waals surface area contributed by atoms with Gasteiger partial charge in [-0.05, 0) is 80.2 Å². The van der Waals surface area contributed by atoms with Gasteiger partial charge in [-0.3, -0.25) is 0 Å². The number of nitrogens with two attached hydrogens (primary N) is 1. The first-order valence-electron chi connectivity index (χ1n) is 6.26. The highest BCUT2D eigenvalue weighted by Gasteiger charge is 2.10. The Kier molecular flexibility index (Phi) is 6.05. The van der Waals surface area contributed by atoms with Crippen LogP contribution in [0.5, 0.6) is 5.75 Å². The van der Waals surface area contributed by atoms with Gasteiger partial charge < -0.3 is 10.5 Å². The summed E-state index contributed by atoms with van der Waals surface area (Å²) in [5.41, 5.74) is 7.37. The molecule has 0 aliphatic rings. The van der Waals surface area contributed by atoms with E-state index in [2.05, 4.69) is 31.9 Å². The largest absolute Gasteiger partial charge is 0.487 e. The van der Waals surface area contributed by atoms with E-state index in [1.165, 1.54) is 12.1 Å². The Labute approximate surface area is 144 Å². The molecule has 0 amide bonds. The average Bonchev–Trinajstić information content (AvgIpc) is 2.42. The lowest BCUT2D eigenvalue weighted by Gasteiger charge is -2.12. The molecule has 0 aromatic heterocycles. The van der Waals surface area contributed by atoms with E-state index in [4.69, 9.17) is 22.1 Å². The molecule has 0 spiro atoms. The van der Waals surface area contributed by atoms with Gasteiger partial charge in [0.1, 0.15) is 18.2 Å². The van der Waals surface area contributed by atoms with Crippen LogP contribution in [0, 0.1) is 5.82 Å². The van der Waals surface area contributed by atoms with Crippen molar-refractivity contribution in [2.75, 3.05) is 6.54 Å². The second-order valence-electron chi connectivity index (χ2n) is 4.46. The lowest BCUT2D eigenvalue weighted by molar-refractivity contribution is 0.301. The standard InChI is InChI=1S/C15H13Br2ClFNO/c16-11-5-9(3-4-20)6-12(17)15(11)21-8-10-1-2-13(18)14(19)7-10/h1-2,5-7H,3-4,8,20H2. The summed E-state index contributed by atoms with van der Waals surface area (Å²) in [7, 11) is 0. The molecule has 0 heterocycles. The second kappa shape index (κ2) is 7.58. The van der Waals surface area contributed by atoms with E-state index >= 15 is 0 Å². The molecule has 21 heavy (non-hydrogen) atoms. The van der Waals surface area contributed by atoms with Crippen molar-refractivity contribution in [1.82, 2.24) is 0 Å². The summed E-state index contributed by atoms with van der Waals surface area (Å²) in [4.78, 5) is 0. The molecule has 0 saturated heterocycles. The van der Waals surface area contributed by atoms with Crippen LogP contribution in [0.2, 0.25) is 5.02 Å². The first-order chi connectivity index (χ1) is 10.0. The van der Waals surface area contributed by atoms with Crippen molar-refractivity contribution in [2.45, 2.75) is 13.0 Å². The predicted octanol–water partition coefficient (Wildman–Crippen LogP) is 5.08. The van der Waals surface area contributed by atoms with Gasteiger partial charge in [0.15, 0.2) is 0 Å². The summed E-state index contributed by atoms with van der Waals surface area (Å²) in [5.74, 6) is 0.223. The Morgan fingerprint density at radius 3 is 2.33 bits per heavy atom. The number of hydrogen-bond donors (Lipinski definition) is 1. The van der Waals surface area contributed by atoms with Gasteiger partial charge in [0.2, 0.25) is 0 Å². The highest BCUT2D eigenvalue weighted by molar-refractivity contribution is 9.11. The zero-order valence-corrected chi connectivity index (χ0v) is 14.9. The highest BCUT2D eigenvalue weighted by atomic mass is 79.9. The van der Waals surface area contributed by atoms with Crippen molar-refractivity contribution in [2.24, 2.45) is 5.73 Å². The maximum Gasteiger partial charge on any atom is 0.148 e. The zero-order valence-electron chi connectivity index (χ0n) is 11.0. The fourth-order valence-electron chi connectivity index (χ4n) is 1.85. The molecule has 2 aromatic rings. The van der Waals surface area contributed by atoms with Crippen molar-refractivity contribution < 1.29 is 9.13 Å². The molecule has 0 unspecified atom stereocenters. The number of rotatable bonds is 5. The maximum absolute atomic E-state index is 13.4. The summed E-state index contributed by atoms with van der Waals surface area (Å²) in [5, 5.41) is 0.104. The van der Waals surface area contributed by atoms with E-state index in [0.29, 0.717) is 17.9 Å². The molecule has 2 N–H and O–H groups in total. The minimum atomic E-state index is -0.450. The first-order valence-corrected chi connectivity index (χ1v) is 8.22. The van der Waals surface area contributed by atoms with E-state index in [1.54, 1.807) is 6.07 Å². The lowest BCUT2D eigenvalue weighted by atomic mass is 10.1. The van der Waals surface area contributed by atoms with Gasteiger partial charge in [0, 0.05) is 0 Å². The molecule has 6 heteroatoms. The van der Waals surface area contributed by atoms with E-state index in [-0.39, 0.29) is 11.6 Å². The lowest BCUT2D eigenvalue weighted by Crippen LogP contribution is -2.03. The SMILES string of the molecule is NCCc1cc(Br)c(OCc2ccc(Cl)c(F)c2)c(Br)c1. The van der Waals surface area contributed by atoms with E-state index in [1.807, 2.05) is 12.1 Å². The molecule has 112 valence electrons. The molecule has 0 radical (unpaired) electrons. The van der Waals surface area contributed by atoms with Gasteiger partial charge >= 0.3 is 0 Å². The van der Waals surface area contributed by atoms with Crippen molar-refractivity contribution in [3.05, 3.63) is 61.2 Å². The molecule has 2 nitrogen and oxygen atoms in total. The second-order valence-corrected chi connectivity index (χ2v) is 6.58. The van der Waals surface area contributed by atoms with E-state index in [0.717, 1.165) is 20.9 Å². The summed E-state index contributed by atoms with van der Waals surface area (Å²) in [6.45, 7) is 0.838. The fourth-order valence-corrected chi connectivity index (χ4v) is 3.47. The highest BCUT2D eigenvalue weighted by Crippen LogP contribution is 2.35.